The Bertz CT molecular complexity index is 348. The molecule has 82 valence electrons. The van der Waals surface area contributed by atoms with Crippen molar-refractivity contribution in [3.63, 3.8) is 0 Å². The molecule has 0 aliphatic heterocycles. The van der Waals surface area contributed by atoms with Gasteiger partial charge in [0, 0.05) is 12.6 Å². The minimum Gasteiger partial charge on any atom is -0.390 e. The molecule has 1 unspecified atom stereocenters. The van der Waals surface area contributed by atoms with Gasteiger partial charge in [0.1, 0.15) is 17.2 Å². The highest BCUT2D eigenvalue weighted by molar-refractivity contribution is 6.29. The highest BCUT2D eigenvalue weighted by atomic mass is 35.5. The molecule has 0 aliphatic carbocycles. The largest absolute Gasteiger partial charge is 0.390 e. The van der Waals surface area contributed by atoms with E-state index in [1.54, 1.807) is 0 Å². The maximum Gasteiger partial charge on any atom is 0.270 e. The van der Waals surface area contributed by atoms with Crippen molar-refractivity contribution in [2.24, 2.45) is 0 Å². The second-order valence-electron chi connectivity index (χ2n) is 2.74. The predicted molar refractivity (Wildman–Crippen MR) is 56.1 cm³/mol. The molecule has 0 saturated heterocycles. The van der Waals surface area contributed by atoms with Crippen molar-refractivity contribution in [2.45, 2.75) is 6.10 Å². The summed E-state index contributed by atoms with van der Waals surface area (Å²) in [6.07, 6.45) is 0.419. The van der Waals surface area contributed by atoms with Crippen molar-refractivity contribution in [3.05, 3.63) is 23.2 Å². The monoisotopic (exact) mass is 249 g/mol. The van der Waals surface area contributed by atoms with Crippen LogP contribution < -0.4 is 5.32 Å². The molecule has 7 heteroatoms. The lowest BCUT2D eigenvalue weighted by Crippen LogP contribution is -2.33. The summed E-state index contributed by atoms with van der Waals surface area (Å²) < 4.78 is 0. The predicted octanol–water partition coefficient (Wildman–Crippen LogP) is 0.459. The number of hydrogen-bond donors (Lipinski definition) is 2. The van der Waals surface area contributed by atoms with Crippen LogP contribution in [0.15, 0.2) is 12.4 Å². The van der Waals surface area contributed by atoms with Crippen LogP contribution in [0.3, 0.4) is 0 Å². The molecular formula is C8H9Cl2N3O2. The third kappa shape index (κ3) is 3.99. The second-order valence-corrected chi connectivity index (χ2v) is 3.44. The highest BCUT2D eigenvalue weighted by Gasteiger charge is 2.09. The van der Waals surface area contributed by atoms with Crippen LogP contribution in [0.2, 0.25) is 5.15 Å². The summed E-state index contributed by atoms with van der Waals surface area (Å²) >= 11 is 10.9. The summed E-state index contributed by atoms with van der Waals surface area (Å²) in [4.78, 5) is 18.8. The number of hydrogen-bond acceptors (Lipinski definition) is 4. The number of aromatic nitrogens is 2. The smallest absolute Gasteiger partial charge is 0.270 e. The number of alkyl halides is 1. The Morgan fingerprint density at radius 1 is 1.60 bits per heavy atom. The van der Waals surface area contributed by atoms with Gasteiger partial charge in [0.15, 0.2) is 0 Å². The molecule has 0 fully saturated rings. The molecule has 0 aliphatic rings. The van der Waals surface area contributed by atoms with Gasteiger partial charge in [-0.15, -0.1) is 11.6 Å². The van der Waals surface area contributed by atoms with Crippen LogP contribution in [0.1, 0.15) is 10.5 Å². The number of amides is 1. The van der Waals surface area contributed by atoms with Crippen LogP contribution in [-0.2, 0) is 0 Å². The van der Waals surface area contributed by atoms with Gasteiger partial charge in [-0.3, -0.25) is 4.79 Å². The quantitative estimate of drug-likeness (QED) is 0.601. The summed E-state index contributed by atoms with van der Waals surface area (Å²) in [5, 5.41) is 11.7. The van der Waals surface area contributed by atoms with Gasteiger partial charge in [-0.2, -0.15) is 0 Å². The Morgan fingerprint density at radius 3 is 2.93 bits per heavy atom. The van der Waals surface area contributed by atoms with Gasteiger partial charge < -0.3 is 10.4 Å². The summed E-state index contributed by atoms with van der Waals surface area (Å²) in [5.74, 6) is -0.367. The minimum atomic E-state index is -0.770. The average molecular weight is 250 g/mol. The van der Waals surface area contributed by atoms with E-state index >= 15 is 0 Å². The van der Waals surface area contributed by atoms with E-state index in [2.05, 4.69) is 15.3 Å². The van der Waals surface area contributed by atoms with Gasteiger partial charge in [-0.25, -0.2) is 9.97 Å². The molecule has 2 N–H and O–H groups in total. The fourth-order valence-corrected chi connectivity index (χ4v) is 1.07. The van der Waals surface area contributed by atoms with Crippen molar-refractivity contribution in [3.8, 4) is 0 Å². The Kier molecular flexibility index (Phi) is 4.74. The lowest BCUT2D eigenvalue weighted by Gasteiger charge is -2.07. The zero-order valence-corrected chi connectivity index (χ0v) is 9.16. The van der Waals surface area contributed by atoms with E-state index in [4.69, 9.17) is 28.3 Å². The number of nitrogens with zero attached hydrogens (tertiary/aromatic N) is 2. The summed E-state index contributed by atoms with van der Waals surface area (Å²) in [6.45, 7) is 0.0734. The summed E-state index contributed by atoms with van der Waals surface area (Å²) in [5.41, 5.74) is 0.150. The molecule has 0 bridgehead atoms. The Balaban J connectivity index is 2.54. The fourth-order valence-electron chi connectivity index (χ4n) is 0.813. The van der Waals surface area contributed by atoms with Gasteiger partial charge in [0.2, 0.25) is 0 Å². The Morgan fingerprint density at radius 2 is 2.33 bits per heavy atom. The van der Waals surface area contributed by atoms with Crippen LogP contribution in [0.25, 0.3) is 0 Å². The second kappa shape index (κ2) is 5.85. The zero-order valence-electron chi connectivity index (χ0n) is 7.65. The molecular weight excluding hydrogens is 241 g/mol. The van der Waals surface area contributed by atoms with E-state index in [-0.39, 0.29) is 23.3 Å². The maximum absolute atomic E-state index is 11.4. The van der Waals surface area contributed by atoms with Crippen molar-refractivity contribution in [1.82, 2.24) is 15.3 Å². The molecule has 1 amide bonds. The first-order valence-corrected chi connectivity index (χ1v) is 5.04. The van der Waals surface area contributed by atoms with Crippen LogP contribution in [-0.4, -0.2) is 39.5 Å². The SMILES string of the molecule is O=C(NCC(O)CCl)c1cc(Cl)ncn1. The maximum atomic E-state index is 11.4. The lowest BCUT2D eigenvalue weighted by molar-refractivity contribution is 0.0920. The Labute approximate surface area is 96.4 Å². The molecule has 0 radical (unpaired) electrons. The average Bonchev–Trinajstić information content (AvgIpc) is 2.25. The number of halogens is 2. The van der Waals surface area contributed by atoms with E-state index in [0.29, 0.717) is 0 Å². The Hall–Kier alpha value is -0.910. The number of carbonyl (C=O) groups is 1. The molecule has 5 nitrogen and oxygen atoms in total. The number of carbonyl (C=O) groups excluding carboxylic acids is 1. The first-order chi connectivity index (χ1) is 7.13. The molecule has 15 heavy (non-hydrogen) atoms. The van der Waals surface area contributed by atoms with Gasteiger partial charge >= 0.3 is 0 Å². The molecule has 1 heterocycles. The van der Waals surface area contributed by atoms with Crippen molar-refractivity contribution in [2.75, 3.05) is 12.4 Å². The van der Waals surface area contributed by atoms with E-state index < -0.39 is 12.0 Å². The zero-order chi connectivity index (χ0) is 11.3. The van der Waals surface area contributed by atoms with Crippen molar-refractivity contribution < 1.29 is 9.90 Å². The molecule has 0 saturated carbocycles. The molecule has 1 aromatic heterocycles. The molecule has 1 atom stereocenters. The molecule has 0 spiro atoms. The van der Waals surface area contributed by atoms with Crippen LogP contribution in [0, 0.1) is 0 Å². The topological polar surface area (TPSA) is 75.1 Å². The lowest BCUT2D eigenvalue weighted by atomic mass is 10.3. The normalized spacial score (nSPS) is 12.2. The van der Waals surface area contributed by atoms with E-state index in [1.165, 1.54) is 12.4 Å². The van der Waals surface area contributed by atoms with Gasteiger partial charge in [0.05, 0.1) is 12.0 Å². The van der Waals surface area contributed by atoms with E-state index in [1.807, 2.05) is 0 Å². The number of aliphatic hydroxyl groups is 1. The summed E-state index contributed by atoms with van der Waals surface area (Å²) in [6, 6.07) is 1.34. The standard InChI is InChI=1S/C8H9Cl2N3O2/c9-2-5(14)3-11-8(15)6-1-7(10)13-4-12-6/h1,4-5,14H,2-3H2,(H,11,15). The minimum absolute atomic E-state index is 0.0603. The number of nitrogens with one attached hydrogen (secondary N) is 1. The molecule has 1 rings (SSSR count). The molecule has 0 aromatic carbocycles. The first kappa shape index (κ1) is 12.2. The van der Waals surface area contributed by atoms with Gasteiger partial charge in [-0.05, 0) is 0 Å². The van der Waals surface area contributed by atoms with Crippen LogP contribution in [0.4, 0.5) is 0 Å². The third-order valence-corrected chi connectivity index (χ3v) is 2.11. The molecule has 1 aromatic rings. The third-order valence-electron chi connectivity index (χ3n) is 1.54. The highest BCUT2D eigenvalue weighted by Crippen LogP contribution is 2.03. The number of aliphatic hydroxyl groups excluding tert-OH is 1. The van der Waals surface area contributed by atoms with Crippen molar-refractivity contribution >= 4 is 29.1 Å². The fraction of sp³-hybridized carbons (Fsp3) is 0.375. The van der Waals surface area contributed by atoms with Crippen molar-refractivity contribution in [1.29, 1.82) is 0 Å². The van der Waals surface area contributed by atoms with Gasteiger partial charge in [-0.1, -0.05) is 11.6 Å². The number of rotatable bonds is 4. The summed E-state index contributed by atoms with van der Waals surface area (Å²) in [7, 11) is 0. The van der Waals surface area contributed by atoms with Crippen LogP contribution >= 0.6 is 23.2 Å². The van der Waals surface area contributed by atoms with Gasteiger partial charge in [0.25, 0.3) is 5.91 Å². The van der Waals surface area contributed by atoms with E-state index in [9.17, 15) is 4.79 Å². The van der Waals surface area contributed by atoms with E-state index in [0.717, 1.165) is 0 Å². The van der Waals surface area contributed by atoms with Crippen LogP contribution in [0.5, 0.6) is 0 Å². The first-order valence-electron chi connectivity index (χ1n) is 4.13.